The minimum Gasteiger partial charge on any atom is -0.505 e. The number of benzene rings is 1. The fourth-order valence-electron chi connectivity index (χ4n) is 3.04. The Hall–Kier alpha value is -4.40. The number of hydrogen-bond acceptors (Lipinski definition) is 6. The number of nitrogens with zero attached hydrogens (tertiary/aromatic N) is 4. The number of pyridine rings is 2. The zero-order chi connectivity index (χ0) is 20.5. The fourth-order valence-corrected chi connectivity index (χ4v) is 3.04. The molecule has 0 fully saturated rings. The highest BCUT2D eigenvalue weighted by Gasteiger charge is 2.41. The third-order valence-corrected chi connectivity index (χ3v) is 4.36. The minimum atomic E-state index is -0.800. The molecule has 2 N–H and O–H groups in total. The Morgan fingerprint density at radius 1 is 0.966 bits per heavy atom. The van der Waals surface area contributed by atoms with Gasteiger partial charge >= 0.3 is 5.69 Å². The smallest absolute Gasteiger partial charge is 0.318 e. The summed E-state index contributed by atoms with van der Waals surface area (Å²) in [5, 5.41) is 19.9. The van der Waals surface area contributed by atoms with E-state index in [1.807, 2.05) is 0 Å². The zero-order valence-electron chi connectivity index (χ0n) is 14.8. The Balaban J connectivity index is 1.93. The highest BCUT2D eigenvalue weighted by Crippen LogP contribution is 2.42. The number of fused-ring (bicyclic) bond motifs is 1. The molecule has 9 nitrogen and oxygen atoms in total. The maximum absolute atomic E-state index is 13.2. The van der Waals surface area contributed by atoms with Gasteiger partial charge in [-0.25, -0.2) is 10.1 Å². The Morgan fingerprint density at radius 2 is 1.62 bits per heavy atom. The van der Waals surface area contributed by atoms with Crippen LogP contribution in [-0.2, 0) is 4.79 Å². The number of aliphatic hydroxyl groups excluding tert-OH is 1. The van der Waals surface area contributed by atoms with Gasteiger partial charge in [0.1, 0.15) is 11.4 Å². The van der Waals surface area contributed by atoms with Crippen LogP contribution in [0, 0.1) is 4.91 Å². The summed E-state index contributed by atoms with van der Waals surface area (Å²) in [6.07, 6.45) is 2.85. The van der Waals surface area contributed by atoms with Crippen LogP contribution in [0.3, 0.4) is 0 Å². The molecule has 0 saturated heterocycles. The fraction of sp³-hybridized carbons (Fsp3) is 0. The number of carbonyl (C=O) groups is 2. The molecular formula is C20H13N4O5+. The van der Waals surface area contributed by atoms with Crippen LogP contribution in [0.2, 0.25) is 0 Å². The number of carbonyl (C=O) groups excluding carboxylic acids is 2. The number of rotatable bonds is 3. The Morgan fingerprint density at radius 3 is 2.21 bits per heavy atom. The molecule has 0 saturated carbocycles. The highest BCUT2D eigenvalue weighted by molar-refractivity contribution is 6.44. The van der Waals surface area contributed by atoms with Crippen molar-refractivity contribution in [2.45, 2.75) is 0 Å². The van der Waals surface area contributed by atoms with Crippen molar-refractivity contribution < 1.29 is 24.8 Å². The Labute approximate surface area is 163 Å². The maximum Gasteiger partial charge on any atom is 0.318 e. The van der Waals surface area contributed by atoms with Crippen molar-refractivity contribution in [3.63, 3.8) is 0 Å². The van der Waals surface area contributed by atoms with Gasteiger partial charge in [-0.3, -0.25) is 19.6 Å². The van der Waals surface area contributed by atoms with E-state index in [9.17, 15) is 24.8 Å². The molecule has 0 unspecified atom stereocenters. The van der Waals surface area contributed by atoms with Crippen LogP contribution in [0.4, 0.5) is 11.4 Å². The quantitative estimate of drug-likeness (QED) is 0.305. The first-order valence-corrected chi connectivity index (χ1v) is 8.44. The number of imide groups is 1. The lowest BCUT2D eigenvalue weighted by atomic mass is 10.0. The van der Waals surface area contributed by atoms with E-state index in [0.717, 1.165) is 4.90 Å². The third-order valence-electron chi connectivity index (χ3n) is 4.36. The molecule has 29 heavy (non-hydrogen) atoms. The lowest BCUT2D eigenvalue weighted by molar-refractivity contribution is -0.729. The average Bonchev–Trinajstić information content (AvgIpc) is 3.04. The molecule has 0 bridgehead atoms. The van der Waals surface area contributed by atoms with Crippen molar-refractivity contribution in [1.29, 1.82) is 0 Å². The first-order valence-electron chi connectivity index (χ1n) is 8.44. The molecule has 1 aliphatic heterocycles. The van der Waals surface area contributed by atoms with Gasteiger partial charge in [0.25, 0.3) is 16.7 Å². The van der Waals surface area contributed by atoms with Crippen molar-refractivity contribution in [2.75, 3.05) is 4.90 Å². The molecule has 1 aliphatic rings. The van der Waals surface area contributed by atoms with Crippen LogP contribution in [0.25, 0.3) is 11.3 Å². The van der Waals surface area contributed by atoms with E-state index in [-0.39, 0.29) is 38.8 Å². The second-order valence-corrected chi connectivity index (χ2v) is 6.07. The van der Waals surface area contributed by atoms with Crippen LogP contribution in [-0.4, -0.2) is 37.0 Å². The average molecular weight is 389 g/mol. The number of anilines is 1. The van der Waals surface area contributed by atoms with Crippen molar-refractivity contribution in [2.24, 2.45) is 0 Å². The predicted octanol–water partition coefficient (Wildman–Crippen LogP) is 2.89. The monoisotopic (exact) mass is 389 g/mol. The number of amides is 2. The Bertz CT molecular complexity index is 1180. The van der Waals surface area contributed by atoms with Gasteiger partial charge in [-0.05, 0) is 30.3 Å². The zero-order valence-corrected chi connectivity index (χ0v) is 14.8. The molecule has 3 aromatic rings. The van der Waals surface area contributed by atoms with Crippen LogP contribution in [0.15, 0.2) is 67.0 Å². The summed E-state index contributed by atoms with van der Waals surface area (Å²) in [6, 6.07) is 13.3. The molecule has 2 amide bonds. The molecule has 1 aromatic carbocycles. The SMILES string of the molecule is O=C1/C(=C(\O)c2ccccn2)c2ccc([N+](=O)O)cc2N1C(=O)c1ccccn1. The Kier molecular flexibility index (Phi) is 4.32. The standard InChI is InChI=1S/C20H12N4O5/c25-18(14-5-1-3-9-21-14)17-13-8-7-12(24(28)29)11-16(13)23(20(17)27)19(26)15-6-2-4-10-22-15/h1-11H,(H-,25,27,28,29)/p+1. The van der Waals surface area contributed by atoms with E-state index in [1.165, 1.54) is 42.7 Å². The van der Waals surface area contributed by atoms with Crippen LogP contribution in [0.5, 0.6) is 0 Å². The molecule has 142 valence electrons. The molecular weight excluding hydrogens is 376 g/mol. The lowest BCUT2D eigenvalue weighted by Gasteiger charge is -2.14. The van der Waals surface area contributed by atoms with Gasteiger partial charge < -0.3 is 5.11 Å². The number of hydrogen-bond donors (Lipinski definition) is 2. The van der Waals surface area contributed by atoms with Crippen molar-refractivity contribution in [3.05, 3.63) is 88.8 Å². The van der Waals surface area contributed by atoms with Crippen molar-refractivity contribution >= 4 is 34.5 Å². The van der Waals surface area contributed by atoms with Gasteiger partial charge in [-0.2, -0.15) is 0 Å². The minimum absolute atomic E-state index is 0.00115. The molecule has 9 heteroatoms. The summed E-state index contributed by atoms with van der Waals surface area (Å²) in [5.74, 6) is -1.96. The normalized spacial score (nSPS) is 14.5. The van der Waals surface area contributed by atoms with Gasteiger partial charge in [0.15, 0.2) is 5.76 Å². The van der Waals surface area contributed by atoms with Crippen molar-refractivity contribution in [1.82, 2.24) is 9.97 Å². The lowest BCUT2D eigenvalue weighted by Crippen LogP contribution is -2.34. The van der Waals surface area contributed by atoms with E-state index in [0.29, 0.717) is 0 Å². The molecule has 0 spiro atoms. The van der Waals surface area contributed by atoms with Crippen LogP contribution in [0.1, 0.15) is 21.7 Å². The number of aromatic nitrogens is 2. The van der Waals surface area contributed by atoms with Gasteiger partial charge in [-0.1, -0.05) is 12.1 Å². The highest BCUT2D eigenvalue weighted by atomic mass is 16.6. The third kappa shape index (κ3) is 3.00. The molecule has 0 aliphatic carbocycles. The van der Waals surface area contributed by atoms with Gasteiger partial charge in [0.2, 0.25) is 0 Å². The summed E-state index contributed by atoms with van der Waals surface area (Å²) in [5.41, 5.74) is 0.0619. The van der Waals surface area contributed by atoms with Gasteiger partial charge in [0.05, 0.1) is 16.2 Å². The first-order chi connectivity index (χ1) is 14.0. The van der Waals surface area contributed by atoms with Gasteiger partial charge in [-0.15, -0.1) is 0 Å². The van der Waals surface area contributed by atoms with Crippen molar-refractivity contribution in [3.8, 4) is 0 Å². The number of aliphatic hydroxyl groups is 1. The second-order valence-electron chi connectivity index (χ2n) is 6.07. The van der Waals surface area contributed by atoms with E-state index in [2.05, 4.69) is 9.97 Å². The predicted molar refractivity (Wildman–Crippen MR) is 101 cm³/mol. The molecule has 0 radical (unpaired) electrons. The van der Waals surface area contributed by atoms with E-state index in [1.54, 1.807) is 24.3 Å². The summed E-state index contributed by atoms with van der Waals surface area (Å²) < 4.78 is 0. The van der Waals surface area contributed by atoms with Crippen LogP contribution >= 0.6 is 0 Å². The van der Waals surface area contributed by atoms with E-state index >= 15 is 0 Å². The summed E-state index contributed by atoms with van der Waals surface area (Å²) in [7, 11) is 0. The summed E-state index contributed by atoms with van der Waals surface area (Å²) in [4.78, 5) is 45.9. The van der Waals surface area contributed by atoms with E-state index in [4.69, 9.17) is 0 Å². The molecule has 0 atom stereocenters. The molecule has 2 aromatic heterocycles. The second kappa shape index (κ2) is 6.97. The summed E-state index contributed by atoms with van der Waals surface area (Å²) in [6.45, 7) is 0. The topological polar surface area (TPSA) is 124 Å². The van der Waals surface area contributed by atoms with Gasteiger partial charge in [0, 0.05) is 30.1 Å². The first kappa shape index (κ1) is 18.0. The maximum atomic E-state index is 13.2. The molecule has 4 rings (SSSR count). The molecule has 3 heterocycles. The largest absolute Gasteiger partial charge is 0.505 e. The summed E-state index contributed by atoms with van der Waals surface area (Å²) >= 11 is 0. The van der Waals surface area contributed by atoms with E-state index < -0.39 is 17.6 Å². The van der Waals surface area contributed by atoms with Crippen LogP contribution < -0.4 is 4.90 Å².